The average molecular weight is 280 g/mol. The predicted octanol–water partition coefficient (Wildman–Crippen LogP) is 2.61. The number of carbonyl (C=O) groups is 2. The lowest BCUT2D eigenvalue weighted by atomic mass is 9.78. The molecule has 1 heterocycles. The van der Waals surface area contributed by atoms with E-state index in [4.69, 9.17) is 0 Å². The van der Waals surface area contributed by atoms with E-state index >= 15 is 0 Å². The first-order chi connectivity index (χ1) is 9.52. The van der Waals surface area contributed by atoms with E-state index in [0.717, 1.165) is 44.9 Å². The van der Waals surface area contributed by atoms with Gasteiger partial charge >= 0.3 is 0 Å². The monoisotopic (exact) mass is 280 g/mol. The van der Waals surface area contributed by atoms with Crippen molar-refractivity contribution in [3.63, 3.8) is 0 Å². The topological polar surface area (TPSA) is 49.4 Å². The Morgan fingerprint density at radius 2 is 1.95 bits per heavy atom. The zero-order valence-corrected chi connectivity index (χ0v) is 13.1. The quantitative estimate of drug-likeness (QED) is 0.860. The van der Waals surface area contributed by atoms with Crippen molar-refractivity contribution < 1.29 is 9.59 Å². The van der Waals surface area contributed by atoms with E-state index < -0.39 is 5.54 Å². The number of amides is 2. The lowest BCUT2D eigenvalue weighted by Gasteiger charge is -2.49. The van der Waals surface area contributed by atoms with Crippen molar-refractivity contribution in [1.82, 2.24) is 10.2 Å². The molecular formula is C16H28N2O2. The van der Waals surface area contributed by atoms with Crippen LogP contribution in [0, 0.1) is 0 Å². The largest absolute Gasteiger partial charge is 0.340 e. The van der Waals surface area contributed by atoms with Gasteiger partial charge in [-0.1, -0.05) is 39.0 Å². The molecular weight excluding hydrogens is 252 g/mol. The zero-order chi connectivity index (χ0) is 14.8. The first kappa shape index (κ1) is 15.3. The minimum absolute atomic E-state index is 0.0230. The maximum absolute atomic E-state index is 13.0. The smallest absolute Gasteiger partial charge is 0.249 e. The number of nitrogens with zero attached hydrogens (tertiary/aromatic N) is 1. The van der Waals surface area contributed by atoms with Gasteiger partial charge in [0.2, 0.25) is 11.8 Å². The summed E-state index contributed by atoms with van der Waals surface area (Å²) in [5, 5.41) is 3.04. The summed E-state index contributed by atoms with van der Waals surface area (Å²) in [7, 11) is 0. The zero-order valence-electron chi connectivity index (χ0n) is 13.1. The summed E-state index contributed by atoms with van der Waals surface area (Å²) >= 11 is 0. The minimum Gasteiger partial charge on any atom is -0.340 e. The van der Waals surface area contributed by atoms with E-state index in [1.165, 1.54) is 6.42 Å². The van der Waals surface area contributed by atoms with E-state index in [2.05, 4.69) is 19.2 Å². The van der Waals surface area contributed by atoms with Gasteiger partial charge in [0.1, 0.15) is 11.6 Å². The highest BCUT2D eigenvalue weighted by Gasteiger charge is 2.50. The minimum atomic E-state index is -0.595. The highest BCUT2D eigenvalue weighted by Crippen LogP contribution is 2.34. The van der Waals surface area contributed by atoms with Crippen LogP contribution in [-0.4, -0.2) is 34.3 Å². The van der Waals surface area contributed by atoms with Crippen molar-refractivity contribution in [2.75, 3.05) is 0 Å². The summed E-state index contributed by atoms with van der Waals surface area (Å²) < 4.78 is 0. The van der Waals surface area contributed by atoms with E-state index in [1.54, 1.807) is 0 Å². The lowest BCUT2D eigenvalue weighted by molar-refractivity contribution is -0.158. The van der Waals surface area contributed by atoms with Crippen LogP contribution in [0.15, 0.2) is 0 Å². The van der Waals surface area contributed by atoms with Gasteiger partial charge in [-0.2, -0.15) is 0 Å². The number of nitrogens with one attached hydrogen (secondary N) is 1. The maximum Gasteiger partial charge on any atom is 0.249 e. The maximum atomic E-state index is 13.0. The van der Waals surface area contributed by atoms with Gasteiger partial charge in [0.25, 0.3) is 0 Å². The second-order valence-electron chi connectivity index (χ2n) is 6.51. The Hall–Kier alpha value is -1.06. The number of unbranched alkanes of at least 4 members (excludes halogenated alkanes) is 1. The van der Waals surface area contributed by atoms with E-state index in [-0.39, 0.29) is 23.9 Å². The normalized spacial score (nSPS) is 27.6. The Kier molecular flexibility index (Phi) is 4.71. The molecule has 0 bridgehead atoms. The Morgan fingerprint density at radius 1 is 1.30 bits per heavy atom. The van der Waals surface area contributed by atoms with Crippen molar-refractivity contribution in [2.45, 2.75) is 89.8 Å². The molecule has 0 aromatic heterocycles. The average Bonchev–Trinajstić information content (AvgIpc) is 2.44. The molecule has 1 spiro atoms. The van der Waals surface area contributed by atoms with Gasteiger partial charge < -0.3 is 10.2 Å². The van der Waals surface area contributed by atoms with Gasteiger partial charge in [-0.3, -0.25) is 9.59 Å². The Bertz CT molecular complexity index is 375. The molecule has 1 aliphatic heterocycles. The van der Waals surface area contributed by atoms with Crippen LogP contribution in [-0.2, 0) is 9.59 Å². The fourth-order valence-electron chi connectivity index (χ4n) is 3.66. The van der Waals surface area contributed by atoms with E-state index in [9.17, 15) is 9.59 Å². The summed E-state index contributed by atoms with van der Waals surface area (Å²) in [5.74, 6) is 0.183. The summed E-state index contributed by atoms with van der Waals surface area (Å²) in [5.41, 5.74) is -0.595. The van der Waals surface area contributed by atoms with Gasteiger partial charge in [-0.15, -0.1) is 0 Å². The molecule has 1 saturated heterocycles. The van der Waals surface area contributed by atoms with Crippen LogP contribution in [0.3, 0.4) is 0 Å². The van der Waals surface area contributed by atoms with Gasteiger partial charge in [0.05, 0.1) is 0 Å². The molecule has 1 N–H and O–H groups in total. The standard InChI is InChI=1S/C16H28N2O2/c1-4-5-9-12(2)18-13(3)14(19)17-16(15(18)20)10-7-6-8-11-16/h12-13H,4-11H2,1-3H3,(H,17,19). The fourth-order valence-corrected chi connectivity index (χ4v) is 3.66. The summed E-state index contributed by atoms with van der Waals surface area (Å²) in [6.07, 6.45) is 8.07. The molecule has 1 saturated carbocycles. The Balaban J connectivity index is 2.19. The van der Waals surface area contributed by atoms with Crippen LogP contribution in [0.5, 0.6) is 0 Å². The van der Waals surface area contributed by atoms with Crippen LogP contribution >= 0.6 is 0 Å². The number of piperazine rings is 1. The molecule has 1 aliphatic carbocycles. The van der Waals surface area contributed by atoms with Crippen molar-refractivity contribution >= 4 is 11.8 Å². The van der Waals surface area contributed by atoms with Crippen molar-refractivity contribution in [3.05, 3.63) is 0 Å². The predicted molar refractivity (Wildman–Crippen MR) is 79.3 cm³/mol. The Morgan fingerprint density at radius 3 is 2.55 bits per heavy atom. The molecule has 2 aliphatic rings. The third-order valence-corrected chi connectivity index (χ3v) is 4.96. The summed E-state index contributed by atoms with van der Waals surface area (Å²) in [4.78, 5) is 27.1. The Labute approximate surface area is 122 Å². The fraction of sp³-hybridized carbons (Fsp3) is 0.875. The van der Waals surface area contributed by atoms with Gasteiger partial charge in [0, 0.05) is 6.04 Å². The molecule has 2 fully saturated rings. The first-order valence-electron chi connectivity index (χ1n) is 8.16. The number of carbonyl (C=O) groups excluding carboxylic acids is 2. The molecule has 2 rings (SSSR count). The molecule has 2 atom stereocenters. The highest BCUT2D eigenvalue weighted by atomic mass is 16.2. The first-order valence-corrected chi connectivity index (χ1v) is 8.16. The number of hydrogen-bond donors (Lipinski definition) is 1. The third kappa shape index (κ3) is 2.70. The third-order valence-electron chi connectivity index (χ3n) is 4.96. The van der Waals surface area contributed by atoms with Crippen LogP contribution < -0.4 is 5.32 Å². The van der Waals surface area contributed by atoms with E-state index in [1.807, 2.05) is 11.8 Å². The van der Waals surface area contributed by atoms with Gasteiger partial charge in [0.15, 0.2) is 0 Å². The van der Waals surface area contributed by atoms with Crippen LogP contribution in [0.2, 0.25) is 0 Å². The number of rotatable bonds is 4. The van der Waals surface area contributed by atoms with Crippen LogP contribution in [0.25, 0.3) is 0 Å². The molecule has 4 nitrogen and oxygen atoms in total. The second-order valence-corrected chi connectivity index (χ2v) is 6.51. The van der Waals surface area contributed by atoms with Crippen LogP contribution in [0.4, 0.5) is 0 Å². The van der Waals surface area contributed by atoms with Gasteiger partial charge in [-0.25, -0.2) is 0 Å². The van der Waals surface area contributed by atoms with E-state index in [0.29, 0.717) is 0 Å². The molecule has 0 aromatic carbocycles. The number of hydrogen-bond acceptors (Lipinski definition) is 2. The molecule has 2 amide bonds. The van der Waals surface area contributed by atoms with Crippen molar-refractivity contribution in [1.29, 1.82) is 0 Å². The van der Waals surface area contributed by atoms with Crippen molar-refractivity contribution in [2.24, 2.45) is 0 Å². The van der Waals surface area contributed by atoms with Gasteiger partial charge in [-0.05, 0) is 33.1 Å². The molecule has 0 aromatic rings. The second kappa shape index (κ2) is 6.15. The summed E-state index contributed by atoms with van der Waals surface area (Å²) in [6.45, 7) is 6.09. The van der Waals surface area contributed by atoms with Crippen molar-refractivity contribution in [3.8, 4) is 0 Å². The molecule has 4 heteroatoms. The van der Waals surface area contributed by atoms with Crippen LogP contribution in [0.1, 0.15) is 72.1 Å². The molecule has 2 unspecified atom stereocenters. The molecule has 114 valence electrons. The molecule has 20 heavy (non-hydrogen) atoms. The lowest BCUT2D eigenvalue weighted by Crippen LogP contribution is -2.71. The highest BCUT2D eigenvalue weighted by molar-refractivity contribution is 5.99. The molecule has 0 radical (unpaired) electrons. The summed E-state index contributed by atoms with van der Waals surface area (Å²) in [6, 6.07) is -0.177. The SMILES string of the molecule is CCCCC(C)N1C(=O)C2(CCCCC2)NC(=O)C1C.